The van der Waals surface area contributed by atoms with Gasteiger partial charge in [0.15, 0.2) is 12.3 Å². The van der Waals surface area contributed by atoms with Crippen molar-refractivity contribution in [3.05, 3.63) is 0 Å². The highest BCUT2D eigenvalue weighted by atomic mass is 32.2. The molecule has 2 atom stereocenters. The Hall–Kier alpha value is 0.270. The van der Waals surface area contributed by atoms with Crippen molar-refractivity contribution in [1.82, 2.24) is 0 Å². The Kier molecular flexibility index (Phi) is 1.57. The van der Waals surface area contributed by atoms with Gasteiger partial charge in [0.1, 0.15) is 0 Å². The first kappa shape index (κ1) is 5.41. The van der Waals surface area contributed by atoms with Crippen molar-refractivity contribution in [2.24, 2.45) is 0 Å². The lowest BCUT2D eigenvalue weighted by Gasteiger charge is -1.99. The van der Waals surface area contributed by atoms with Crippen molar-refractivity contribution in [3.63, 3.8) is 0 Å². The largest absolute Gasteiger partial charge is 0.286 e. The van der Waals surface area contributed by atoms with E-state index < -0.39 is 0 Å². The summed E-state index contributed by atoms with van der Waals surface area (Å²) in [5.74, 6) is 0. The second-order valence-electron chi connectivity index (χ2n) is 1.67. The van der Waals surface area contributed by atoms with Gasteiger partial charge < -0.3 is 0 Å². The fourth-order valence-corrected chi connectivity index (χ4v) is 0.909. The molecule has 1 saturated heterocycles. The second-order valence-corrected chi connectivity index (χ2v) is 2.19. The van der Waals surface area contributed by atoms with Gasteiger partial charge in [-0.15, -0.1) is 0 Å². The molecule has 1 fully saturated rings. The van der Waals surface area contributed by atoms with Gasteiger partial charge in [-0.05, 0) is 13.8 Å². The molecule has 0 aromatic heterocycles. The summed E-state index contributed by atoms with van der Waals surface area (Å²) in [6, 6.07) is 0. The van der Waals surface area contributed by atoms with E-state index in [1.165, 1.54) is 0 Å². The second kappa shape index (κ2) is 2.03. The molecule has 0 spiro atoms. The molecule has 0 aliphatic carbocycles. The summed E-state index contributed by atoms with van der Waals surface area (Å²) in [7, 11) is 0. The van der Waals surface area contributed by atoms with E-state index in [0.717, 1.165) is 12.3 Å². The van der Waals surface area contributed by atoms with Crippen molar-refractivity contribution < 1.29 is 8.37 Å². The Balaban J connectivity index is 2.33. The van der Waals surface area contributed by atoms with E-state index in [4.69, 9.17) is 8.37 Å². The van der Waals surface area contributed by atoms with E-state index in [2.05, 4.69) is 0 Å². The van der Waals surface area contributed by atoms with Gasteiger partial charge in [0, 0.05) is 0 Å². The number of rotatable bonds is 0. The Morgan fingerprint density at radius 2 is 1.57 bits per heavy atom. The molecule has 0 saturated carbocycles. The molecular weight excluding hydrogens is 112 g/mol. The Labute approximate surface area is 47.6 Å². The average Bonchev–Trinajstić information content (AvgIpc) is 1.91. The van der Waals surface area contributed by atoms with Crippen molar-refractivity contribution in [1.29, 1.82) is 0 Å². The molecule has 2 nitrogen and oxygen atoms in total. The van der Waals surface area contributed by atoms with Crippen LogP contribution in [-0.4, -0.2) is 12.2 Å². The Bertz CT molecular complexity index is 58.7. The van der Waals surface area contributed by atoms with Gasteiger partial charge in [-0.1, -0.05) is 0 Å². The summed E-state index contributed by atoms with van der Waals surface area (Å²) in [6.45, 7) is 3.98. The van der Waals surface area contributed by atoms with Crippen molar-refractivity contribution >= 4 is 12.3 Å². The van der Waals surface area contributed by atoms with Crippen LogP contribution in [0.15, 0.2) is 0 Å². The molecule has 0 aromatic rings. The summed E-state index contributed by atoms with van der Waals surface area (Å²) >= 11 is 1.09. The highest BCUT2D eigenvalue weighted by molar-refractivity contribution is 7.90. The average molecular weight is 120 g/mol. The van der Waals surface area contributed by atoms with E-state index >= 15 is 0 Å². The molecular formula is C4H8O2S. The Morgan fingerprint density at radius 3 is 1.71 bits per heavy atom. The van der Waals surface area contributed by atoms with Crippen LogP contribution in [0.5, 0.6) is 0 Å². The highest BCUT2D eigenvalue weighted by Crippen LogP contribution is 2.24. The van der Waals surface area contributed by atoms with Gasteiger partial charge in [-0.3, -0.25) is 8.37 Å². The molecule has 0 N–H and O–H groups in total. The molecule has 1 aliphatic heterocycles. The molecule has 1 heterocycles. The normalized spacial score (nSPS) is 42.0. The predicted molar refractivity (Wildman–Crippen MR) is 28.7 cm³/mol. The maximum absolute atomic E-state index is 4.96. The van der Waals surface area contributed by atoms with E-state index in [9.17, 15) is 0 Å². The minimum atomic E-state index is 0.255. The molecule has 1 unspecified atom stereocenters. The minimum Gasteiger partial charge on any atom is -0.286 e. The van der Waals surface area contributed by atoms with Gasteiger partial charge in [0.25, 0.3) is 0 Å². The van der Waals surface area contributed by atoms with Crippen LogP contribution in [0.25, 0.3) is 0 Å². The van der Waals surface area contributed by atoms with Crippen LogP contribution in [0.4, 0.5) is 0 Å². The quantitative estimate of drug-likeness (QED) is 0.450. The third-order valence-electron chi connectivity index (χ3n) is 1.04. The maximum atomic E-state index is 4.96. The van der Waals surface area contributed by atoms with Crippen molar-refractivity contribution in [2.75, 3.05) is 0 Å². The molecule has 7 heavy (non-hydrogen) atoms. The molecule has 0 radical (unpaired) electrons. The molecule has 0 aromatic carbocycles. The summed E-state index contributed by atoms with van der Waals surface area (Å²) in [6.07, 6.45) is 0.509. The first-order valence-corrected chi connectivity index (χ1v) is 2.96. The molecule has 42 valence electrons. The standard InChI is InChI=1S/C4H8O2S/c1-3-4(2)6-7-5-3/h3-4H,1-2H3/t3-,4?/m0/s1. The van der Waals surface area contributed by atoms with Crippen LogP contribution in [0.2, 0.25) is 0 Å². The van der Waals surface area contributed by atoms with E-state index in [0.29, 0.717) is 0 Å². The van der Waals surface area contributed by atoms with Crippen LogP contribution in [0.1, 0.15) is 13.8 Å². The monoisotopic (exact) mass is 120 g/mol. The van der Waals surface area contributed by atoms with Crippen LogP contribution >= 0.6 is 12.3 Å². The topological polar surface area (TPSA) is 18.5 Å². The summed E-state index contributed by atoms with van der Waals surface area (Å²) in [5, 5.41) is 0. The summed E-state index contributed by atoms with van der Waals surface area (Å²) in [5.41, 5.74) is 0. The Morgan fingerprint density at radius 1 is 1.14 bits per heavy atom. The molecule has 1 rings (SSSR count). The molecule has 1 aliphatic rings. The lowest BCUT2D eigenvalue weighted by atomic mass is 10.3. The lowest BCUT2D eigenvalue weighted by molar-refractivity contribution is 0.187. The van der Waals surface area contributed by atoms with Crippen LogP contribution in [0.3, 0.4) is 0 Å². The fourth-order valence-electron chi connectivity index (χ4n) is 0.303. The highest BCUT2D eigenvalue weighted by Gasteiger charge is 2.21. The van der Waals surface area contributed by atoms with Crippen molar-refractivity contribution in [2.45, 2.75) is 26.1 Å². The minimum absolute atomic E-state index is 0.255. The SMILES string of the molecule is CC1OSO[C@H]1C. The summed E-state index contributed by atoms with van der Waals surface area (Å²) in [4.78, 5) is 0. The summed E-state index contributed by atoms with van der Waals surface area (Å²) < 4.78 is 9.92. The predicted octanol–water partition coefficient (Wildman–Crippen LogP) is 1.37. The third-order valence-corrected chi connectivity index (χ3v) is 1.81. The number of hydrogen-bond acceptors (Lipinski definition) is 3. The zero-order chi connectivity index (χ0) is 5.28. The number of hydrogen-bond donors (Lipinski definition) is 0. The van der Waals surface area contributed by atoms with Gasteiger partial charge >= 0.3 is 0 Å². The van der Waals surface area contributed by atoms with E-state index in [1.807, 2.05) is 13.8 Å². The fraction of sp³-hybridized carbons (Fsp3) is 1.00. The van der Waals surface area contributed by atoms with Gasteiger partial charge in [0.05, 0.1) is 12.2 Å². The zero-order valence-corrected chi connectivity index (χ0v) is 5.20. The van der Waals surface area contributed by atoms with Crippen LogP contribution in [-0.2, 0) is 8.37 Å². The smallest absolute Gasteiger partial charge is 0.159 e. The molecule has 0 amide bonds. The zero-order valence-electron chi connectivity index (χ0n) is 4.38. The molecule has 0 bridgehead atoms. The van der Waals surface area contributed by atoms with E-state index in [1.54, 1.807) is 0 Å². The first-order valence-electron chi connectivity index (χ1n) is 2.29. The maximum Gasteiger partial charge on any atom is 0.159 e. The lowest BCUT2D eigenvalue weighted by Crippen LogP contribution is -2.13. The van der Waals surface area contributed by atoms with Crippen LogP contribution in [0, 0.1) is 0 Å². The van der Waals surface area contributed by atoms with Crippen LogP contribution < -0.4 is 0 Å². The van der Waals surface area contributed by atoms with Gasteiger partial charge in [-0.2, -0.15) is 0 Å². The van der Waals surface area contributed by atoms with Gasteiger partial charge in [-0.25, -0.2) is 0 Å². The third kappa shape index (κ3) is 1.08. The van der Waals surface area contributed by atoms with Crippen molar-refractivity contribution in [3.8, 4) is 0 Å². The molecule has 3 heteroatoms. The van der Waals surface area contributed by atoms with Gasteiger partial charge in [0.2, 0.25) is 0 Å². The first-order chi connectivity index (χ1) is 3.30. The van der Waals surface area contributed by atoms with E-state index in [-0.39, 0.29) is 12.2 Å².